The van der Waals surface area contributed by atoms with E-state index >= 15 is 0 Å². The number of benzene rings is 2. The molecule has 2 aromatic carbocycles. The molecule has 0 unspecified atom stereocenters. The fourth-order valence-corrected chi connectivity index (χ4v) is 3.28. The Balaban J connectivity index is 2.14. The van der Waals surface area contributed by atoms with E-state index in [1.807, 2.05) is 0 Å². The van der Waals surface area contributed by atoms with Crippen molar-refractivity contribution < 1.29 is 37.0 Å². The summed E-state index contributed by atoms with van der Waals surface area (Å²) >= 11 is 0. The Kier molecular flexibility index (Phi) is 6.05. The SMILES string of the molecule is C=CC(=O)Nc1cc(-c2ccc(OC(F)(F)F)cc2)c2c(c1C(=C)C(=O)OC)CCO2. The molecule has 1 aliphatic heterocycles. The van der Waals surface area contributed by atoms with E-state index in [0.29, 0.717) is 41.0 Å². The molecular formula is C22H18F3NO5. The highest BCUT2D eigenvalue weighted by Gasteiger charge is 2.31. The molecule has 0 atom stereocenters. The standard InChI is InChI=1S/C22H18F3NO5/c1-4-18(27)26-17-11-16(13-5-7-14(8-6-13)31-22(23,24)25)20-15(9-10-30-20)19(17)12(2)21(28)29-3/h4-8,11H,1-2,9-10H2,3H3,(H,26,27). The van der Waals surface area contributed by atoms with E-state index < -0.39 is 18.2 Å². The summed E-state index contributed by atoms with van der Waals surface area (Å²) in [6.07, 6.45) is -3.30. The molecular weight excluding hydrogens is 415 g/mol. The molecule has 0 radical (unpaired) electrons. The average molecular weight is 433 g/mol. The molecule has 1 N–H and O–H groups in total. The summed E-state index contributed by atoms with van der Waals surface area (Å²) in [7, 11) is 1.21. The van der Waals surface area contributed by atoms with E-state index in [1.165, 1.54) is 31.4 Å². The normalized spacial score (nSPS) is 12.4. The Morgan fingerprint density at radius 2 is 1.90 bits per heavy atom. The van der Waals surface area contributed by atoms with Crippen molar-refractivity contribution in [3.63, 3.8) is 0 Å². The number of hydrogen-bond acceptors (Lipinski definition) is 5. The fourth-order valence-electron chi connectivity index (χ4n) is 3.28. The van der Waals surface area contributed by atoms with Crippen molar-refractivity contribution in [2.45, 2.75) is 12.8 Å². The number of anilines is 1. The fraction of sp³-hybridized carbons (Fsp3) is 0.182. The number of esters is 1. The van der Waals surface area contributed by atoms with Crippen LogP contribution in [-0.2, 0) is 20.7 Å². The Hall–Kier alpha value is -3.75. The van der Waals surface area contributed by atoms with Gasteiger partial charge in [0.05, 0.1) is 25.0 Å². The van der Waals surface area contributed by atoms with Crippen LogP contribution in [0.3, 0.4) is 0 Å². The van der Waals surface area contributed by atoms with Crippen LogP contribution in [0.5, 0.6) is 11.5 Å². The van der Waals surface area contributed by atoms with Gasteiger partial charge in [-0.3, -0.25) is 4.79 Å². The Morgan fingerprint density at radius 1 is 1.23 bits per heavy atom. The first-order valence-corrected chi connectivity index (χ1v) is 9.04. The van der Waals surface area contributed by atoms with Crippen molar-refractivity contribution in [2.75, 3.05) is 19.0 Å². The van der Waals surface area contributed by atoms with Crippen LogP contribution in [-0.4, -0.2) is 32.0 Å². The van der Waals surface area contributed by atoms with Gasteiger partial charge in [-0.05, 0) is 29.8 Å². The molecule has 0 bridgehead atoms. The van der Waals surface area contributed by atoms with E-state index in [4.69, 9.17) is 9.47 Å². The topological polar surface area (TPSA) is 73.9 Å². The van der Waals surface area contributed by atoms with Crippen molar-refractivity contribution in [2.24, 2.45) is 0 Å². The lowest BCUT2D eigenvalue weighted by atomic mass is 9.91. The van der Waals surface area contributed by atoms with Gasteiger partial charge in [-0.2, -0.15) is 0 Å². The lowest BCUT2D eigenvalue weighted by Gasteiger charge is -2.18. The second-order valence-electron chi connectivity index (χ2n) is 6.49. The second-order valence-corrected chi connectivity index (χ2v) is 6.49. The van der Waals surface area contributed by atoms with Gasteiger partial charge in [0.15, 0.2) is 0 Å². The van der Waals surface area contributed by atoms with E-state index in [1.54, 1.807) is 6.07 Å². The first-order chi connectivity index (χ1) is 14.6. The van der Waals surface area contributed by atoms with Crippen LogP contribution in [0, 0.1) is 0 Å². The molecule has 1 aliphatic rings. The number of alkyl halides is 3. The van der Waals surface area contributed by atoms with Gasteiger partial charge in [-0.15, -0.1) is 13.2 Å². The summed E-state index contributed by atoms with van der Waals surface area (Å²) in [5.41, 5.74) is 2.35. The quantitative estimate of drug-likeness (QED) is 0.537. The molecule has 2 aromatic rings. The molecule has 0 spiro atoms. The lowest BCUT2D eigenvalue weighted by Crippen LogP contribution is -2.16. The van der Waals surface area contributed by atoms with Crippen LogP contribution in [0.25, 0.3) is 16.7 Å². The molecule has 1 heterocycles. The van der Waals surface area contributed by atoms with E-state index in [2.05, 4.69) is 23.2 Å². The zero-order valence-corrected chi connectivity index (χ0v) is 16.5. The van der Waals surface area contributed by atoms with Crippen LogP contribution in [0.4, 0.5) is 18.9 Å². The minimum atomic E-state index is -4.80. The molecule has 162 valence electrons. The maximum absolute atomic E-state index is 12.4. The third-order valence-corrected chi connectivity index (χ3v) is 4.55. The molecule has 0 aromatic heterocycles. The number of halogens is 3. The summed E-state index contributed by atoms with van der Waals surface area (Å²) in [6, 6.07) is 6.79. The highest BCUT2D eigenvalue weighted by Crippen LogP contribution is 2.45. The molecule has 0 aliphatic carbocycles. The zero-order chi connectivity index (χ0) is 22.8. The monoisotopic (exact) mass is 433 g/mol. The van der Waals surface area contributed by atoms with Crippen LogP contribution in [0.1, 0.15) is 11.1 Å². The van der Waals surface area contributed by atoms with Crippen LogP contribution in [0.15, 0.2) is 49.6 Å². The summed E-state index contributed by atoms with van der Waals surface area (Å²) in [5, 5.41) is 2.65. The minimum absolute atomic E-state index is 0.0316. The van der Waals surface area contributed by atoms with E-state index in [0.717, 1.165) is 6.08 Å². The van der Waals surface area contributed by atoms with E-state index in [-0.39, 0.29) is 17.0 Å². The minimum Gasteiger partial charge on any atom is -0.492 e. The first kappa shape index (κ1) is 21.9. The van der Waals surface area contributed by atoms with Crippen molar-refractivity contribution in [1.29, 1.82) is 0 Å². The number of hydrogen-bond donors (Lipinski definition) is 1. The van der Waals surface area contributed by atoms with Gasteiger partial charge in [0.1, 0.15) is 11.5 Å². The van der Waals surface area contributed by atoms with Crippen molar-refractivity contribution in [3.05, 3.63) is 60.7 Å². The molecule has 0 fully saturated rings. The Bertz CT molecular complexity index is 1060. The number of methoxy groups -OCH3 is 1. The molecule has 31 heavy (non-hydrogen) atoms. The molecule has 0 saturated carbocycles. The van der Waals surface area contributed by atoms with Crippen molar-refractivity contribution >= 4 is 23.1 Å². The number of carbonyl (C=O) groups excluding carboxylic acids is 2. The summed E-state index contributed by atoms with van der Waals surface area (Å²) < 4.78 is 51.7. The Morgan fingerprint density at radius 3 is 2.48 bits per heavy atom. The largest absolute Gasteiger partial charge is 0.573 e. The number of amides is 1. The smallest absolute Gasteiger partial charge is 0.492 e. The average Bonchev–Trinajstić information content (AvgIpc) is 3.21. The Labute approximate surface area is 175 Å². The van der Waals surface area contributed by atoms with Gasteiger partial charge in [0, 0.05) is 23.1 Å². The first-order valence-electron chi connectivity index (χ1n) is 9.04. The number of nitrogens with one attached hydrogen (secondary N) is 1. The molecule has 3 rings (SSSR count). The highest BCUT2D eigenvalue weighted by molar-refractivity contribution is 6.19. The van der Waals surface area contributed by atoms with Crippen LogP contribution < -0.4 is 14.8 Å². The predicted molar refractivity (Wildman–Crippen MR) is 108 cm³/mol. The van der Waals surface area contributed by atoms with Crippen LogP contribution >= 0.6 is 0 Å². The van der Waals surface area contributed by atoms with E-state index in [9.17, 15) is 22.8 Å². The third-order valence-electron chi connectivity index (χ3n) is 4.55. The highest BCUT2D eigenvalue weighted by atomic mass is 19.4. The van der Waals surface area contributed by atoms with Gasteiger partial charge < -0.3 is 19.5 Å². The number of carbonyl (C=O) groups is 2. The van der Waals surface area contributed by atoms with Gasteiger partial charge >= 0.3 is 12.3 Å². The number of rotatable bonds is 6. The van der Waals surface area contributed by atoms with Crippen LogP contribution in [0.2, 0.25) is 0 Å². The lowest BCUT2D eigenvalue weighted by molar-refractivity contribution is -0.274. The number of ether oxygens (including phenoxy) is 3. The molecule has 9 heteroatoms. The molecule has 1 amide bonds. The summed E-state index contributed by atoms with van der Waals surface area (Å²) in [4.78, 5) is 24.1. The maximum Gasteiger partial charge on any atom is 0.573 e. The molecule has 6 nitrogen and oxygen atoms in total. The third kappa shape index (κ3) is 4.71. The zero-order valence-electron chi connectivity index (χ0n) is 16.5. The second kappa shape index (κ2) is 8.55. The predicted octanol–water partition coefficient (Wildman–Crippen LogP) is 4.50. The molecule has 0 saturated heterocycles. The van der Waals surface area contributed by atoms with Crippen molar-refractivity contribution in [3.8, 4) is 22.6 Å². The summed E-state index contributed by atoms with van der Waals surface area (Å²) in [6.45, 7) is 7.52. The number of fused-ring (bicyclic) bond motifs is 1. The maximum atomic E-state index is 12.4. The van der Waals surface area contributed by atoms with Gasteiger partial charge in [0.2, 0.25) is 5.91 Å². The van der Waals surface area contributed by atoms with Gasteiger partial charge in [-0.25, -0.2) is 4.79 Å². The van der Waals surface area contributed by atoms with Gasteiger partial charge in [-0.1, -0.05) is 25.3 Å². The van der Waals surface area contributed by atoms with Gasteiger partial charge in [0.25, 0.3) is 0 Å². The van der Waals surface area contributed by atoms with Crippen molar-refractivity contribution in [1.82, 2.24) is 0 Å². The summed E-state index contributed by atoms with van der Waals surface area (Å²) in [5.74, 6) is -1.12.